The Bertz CT molecular complexity index is 315. The molecule has 0 aliphatic rings. The van der Waals surface area contributed by atoms with E-state index in [1.165, 1.54) is 0 Å². The Balaban J connectivity index is 2.38. The van der Waals surface area contributed by atoms with Crippen LogP contribution in [0.15, 0.2) is 12.4 Å². The zero-order valence-electron chi connectivity index (χ0n) is 10.9. The Hall–Kier alpha value is -1.36. The van der Waals surface area contributed by atoms with Crippen LogP contribution in [0.25, 0.3) is 0 Å². The highest BCUT2D eigenvalue weighted by molar-refractivity contribution is 5.32. The number of anilines is 1. The Morgan fingerprint density at radius 3 is 2.65 bits per heavy atom. The summed E-state index contributed by atoms with van der Waals surface area (Å²) in [5.74, 6) is 1.34. The van der Waals surface area contributed by atoms with Crippen LogP contribution in [-0.2, 0) is 0 Å². The van der Waals surface area contributed by atoms with E-state index >= 15 is 0 Å². The summed E-state index contributed by atoms with van der Waals surface area (Å²) in [4.78, 5) is 10.7. The van der Waals surface area contributed by atoms with E-state index in [1.807, 2.05) is 6.92 Å². The zero-order valence-corrected chi connectivity index (χ0v) is 10.9. The molecule has 0 radical (unpaired) electrons. The van der Waals surface area contributed by atoms with Gasteiger partial charge in [0.1, 0.15) is 12.4 Å². The topological polar surface area (TPSA) is 50.3 Å². The zero-order chi connectivity index (χ0) is 12.5. The summed E-state index contributed by atoms with van der Waals surface area (Å²) in [6, 6.07) is 0. The Morgan fingerprint density at radius 2 is 2.00 bits per heavy atom. The van der Waals surface area contributed by atoms with Gasteiger partial charge in [-0.25, -0.2) is 0 Å². The second kappa shape index (κ2) is 7.84. The summed E-state index contributed by atoms with van der Waals surface area (Å²) in [6.45, 7) is 10.8. The van der Waals surface area contributed by atoms with Crippen molar-refractivity contribution in [2.75, 3.05) is 38.1 Å². The minimum atomic E-state index is 0.579. The summed E-state index contributed by atoms with van der Waals surface area (Å²) in [6.07, 6.45) is 3.34. The predicted octanol–water partition coefficient (Wildman–Crippen LogP) is 1.63. The van der Waals surface area contributed by atoms with Crippen molar-refractivity contribution in [3.8, 4) is 5.88 Å². The molecule has 17 heavy (non-hydrogen) atoms. The van der Waals surface area contributed by atoms with Crippen LogP contribution < -0.4 is 10.1 Å². The summed E-state index contributed by atoms with van der Waals surface area (Å²) in [5, 5.41) is 3.11. The van der Waals surface area contributed by atoms with Crippen LogP contribution in [0, 0.1) is 0 Å². The third kappa shape index (κ3) is 4.99. The van der Waals surface area contributed by atoms with E-state index in [1.54, 1.807) is 12.4 Å². The lowest BCUT2D eigenvalue weighted by molar-refractivity contribution is 0.217. The molecule has 0 unspecified atom stereocenters. The second-order valence-electron chi connectivity index (χ2n) is 3.65. The van der Waals surface area contributed by atoms with Gasteiger partial charge in [0, 0.05) is 13.1 Å². The number of likely N-dealkylation sites (N-methyl/N-ethyl adjacent to an activating group) is 1. The smallest absolute Gasteiger partial charge is 0.234 e. The van der Waals surface area contributed by atoms with Gasteiger partial charge in [-0.1, -0.05) is 13.8 Å². The third-order valence-electron chi connectivity index (χ3n) is 2.52. The molecule has 96 valence electrons. The summed E-state index contributed by atoms with van der Waals surface area (Å²) in [5.41, 5.74) is 0. The van der Waals surface area contributed by atoms with Crippen molar-refractivity contribution in [3.63, 3.8) is 0 Å². The average molecular weight is 238 g/mol. The molecule has 0 aliphatic heterocycles. The molecular weight excluding hydrogens is 216 g/mol. The molecule has 0 atom stereocenters. The van der Waals surface area contributed by atoms with E-state index in [0.717, 1.165) is 32.0 Å². The average Bonchev–Trinajstić information content (AvgIpc) is 2.36. The van der Waals surface area contributed by atoms with E-state index in [0.29, 0.717) is 12.5 Å². The van der Waals surface area contributed by atoms with Gasteiger partial charge in [0.2, 0.25) is 5.88 Å². The molecule has 1 rings (SSSR count). The highest BCUT2D eigenvalue weighted by atomic mass is 16.5. The molecule has 0 aromatic carbocycles. The SMILES string of the molecule is CCNc1cncc(OCCN(CC)CC)n1. The van der Waals surface area contributed by atoms with Crippen molar-refractivity contribution in [3.05, 3.63) is 12.4 Å². The Labute approximate surface area is 103 Å². The van der Waals surface area contributed by atoms with Crippen molar-refractivity contribution < 1.29 is 4.74 Å². The maximum atomic E-state index is 5.57. The monoisotopic (exact) mass is 238 g/mol. The summed E-state index contributed by atoms with van der Waals surface area (Å²) < 4.78 is 5.57. The lowest BCUT2D eigenvalue weighted by Crippen LogP contribution is -2.28. The Kier molecular flexibility index (Phi) is 6.32. The number of rotatable bonds is 8. The van der Waals surface area contributed by atoms with Crippen LogP contribution in [0.5, 0.6) is 5.88 Å². The first-order valence-electron chi connectivity index (χ1n) is 6.21. The quantitative estimate of drug-likeness (QED) is 0.746. The van der Waals surface area contributed by atoms with E-state index in [-0.39, 0.29) is 0 Å². The fourth-order valence-electron chi connectivity index (χ4n) is 1.50. The van der Waals surface area contributed by atoms with Gasteiger partial charge in [0.25, 0.3) is 0 Å². The molecular formula is C12H22N4O. The van der Waals surface area contributed by atoms with Gasteiger partial charge in [0.05, 0.1) is 12.4 Å². The second-order valence-corrected chi connectivity index (χ2v) is 3.65. The fraction of sp³-hybridized carbons (Fsp3) is 0.667. The molecule has 1 aromatic heterocycles. The largest absolute Gasteiger partial charge is 0.475 e. The Morgan fingerprint density at radius 1 is 1.24 bits per heavy atom. The molecule has 5 nitrogen and oxygen atoms in total. The molecule has 0 fully saturated rings. The van der Waals surface area contributed by atoms with Crippen LogP contribution in [-0.4, -0.2) is 47.7 Å². The van der Waals surface area contributed by atoms with Crippen LogP contribution >= 0.6 is 0 Å². The van der Waals surface area contributed by atoms with E-state index in [9.17, 15) is 0 Å². The van der Waals surface area contributed by atoms with Gasteiger partial charge < -0.3 is 15.0 Å². The van der Waals surface area contributed by atoms with Crippen LogP contribution in [0.3, 0.4) is 0 Å². The third-order valence-corrected chi connectivity index (χ3v) is 2.52. The molecule has 0 aliphatic carbocycles. The minimum Gasteiger partial charge on any atom is -0.475 e. The summed E-state index contributed by atoms with van der Waals surface area (Å²) in [7, 11) is 0. The summed E-state index contributed by atoms with van der Waals surface area (Å²) >= 11 is 0. The fourth-order valence-corrected chi connectivity index (χ4v) is 1.50. The lowest BCUT2D eigenvalue weighted by Gasteiger charge is -2.17. The van der Waals surface area contributed by atoms with Crippen molar-refractivity contribution in [1.82, 2.24) is 14.9 Å². The molecule has 0 saturated carbocycles. The van der Waals surface area contributed by atoms with Crippen LogP contribution in [0.1, 0.15) is 20.8 Å². The van der Waals surface area contributed by atoms with Gasteiger partial charge in [-0.2, -0.15) is 4.98 Å². The number of nitrogens with zero attached hydrogens (tertiary/aromatic N) is 3. The molecule has 0 amide bonds. The molecule has 1 N–H and O–H groups in total. The molecule has 0 spiro atoms. The van der Waals surface area contributed by atoms with Gasteiger partial charge in [-0.15, -0.1) is 0 Å². The maximum Gasteiger partial charge on any atom is 0.234 e. The number of ether oxygens (including phenoxy) is 1. The van der Waals surface area contributed by atoms with E-state index in [2.05, 4.69) is 34.0 Å². The van der Waals surface area contributed by atoms with Gasteiger partial charge in [0.15, 0.2) is 0 Å². The first kappa shape index (κ1) is 13.7. The number of aromatic nitrogens is 2. The minimum absolute atomic E-state index is 0.579. The maximum absolute atomic E-state index is 5.57. The molecule has 1 aromatic rings. The van der Waals surface area contributed by atoms with Gasteiger partial charge in [-0.3, -0.25) is 4.98 Å². The van der Waals surface area contributed by atoms with Crippen molar-refractivity contribution in [2.45, 2.75) is 20.8 Å². The lowest BCUT2D eigenvalue weighted by atomic mass is 10.5. The van der Waals surface area contributed by atoms with Crippen LogP contribution in [0.2, 0.25) is 0 Å². The normalized spacial score (nSPS) is 10.6. The standard InChI is InChI=1S/C12H22N4O/c1-4-14-11-9-13-10-12(15-11)17-8-7-16(5-2)6-3/h9-10H,4-8H2,1-3H3,(H,14,15). The molecule has 0 bridgehead atoms. The molecule has 0 saturated heterocycles. The van der Waals surface area contributed by atoms with E-state index in [4.69, 9.17) is 4.74 Å². The predicted molar refractivity (Wildman–Crippen MR) is 69.5 cm³/mol. The number of nitrogens with one attached hydrogen (secondary N) is 1. The van der Waals surface area contributed by atoms with Crippen molar-refractivity contribution >= 4 is 5.82 Å². The highest BCUT2D eigenvalue weighted by Gasteiger charge is 2.01. The van der Waals surface area contributed by atoms with Crippen molar-refractivity contribution in [2.24, 2.45) is 0 Å². The number of hydrogen-bond acceptors (Lipinski definition) is 5. The van der Waals surface area contributed by atoms with Crippen LogP contribution in [0.4, 0.5) is 5.82 Å². The van der Waals surface area contributed by atoms with Gasteiger partial charge in [-0.05, 0) is 20.0 Å². The highest BCUT2D eigenvalue weighted by Crippen LogP contribution is 2.08. The first-order valence-corrected chi connectivity index (χ1v) is 6.21. The number of hydrogen-bond donors (Lipinski definition) is 1. The molecule has 1 heterocycles. The van der Waals surface area contributed by atoms with Crippen molar-refractivity contribution in [1.29, 1.82) is 0 Å². The first-order chi connectivity index (χ1) is 8.30. The molecule has 5 heteroatoms. The van der Waals surface area contributed by atoms with Gasteiger partial charge >= 0.3 is 0 Å². The van der Waals surface area contributed by atoms with E-state index < -0.39 is 0 Å².